The Morgan fingerprint density at radius 3 is 2.42 bits per heavy atom. The van der Waals surface area contributed by atoms with Crippen molar-refractivity contribution < 1.29 is 13.2 Å². The summed E-state index contributed by atoms with van der Waals surface area (Å²) in [6.07, 6.45) is 4.63. The summed E-state index contributed by atoms with van der Waals surface area (Å²) in [7, 11) is -3.50. The van der Waals surface area contributed by atoms with E-state index in [9.17, 15) is 13.2 Å². The summed E-state index contributed by atoms with van der Waals surface area (Å²) in [5.41, 5.74) is 2.36. The highest BCUT2D eigenvalue weighted by Gasteiger charge is 2.33. The van der Waals surface area contributed by atoms with Gasteiger partial charge in [-0.3, -0.25) is 4.79 Å². The second kappa shape index (κ2) is 8.09. The van der Waals surface area contributed by atoms with E-state index >= 15 is 0 Å². The smallest absolute Gasteiger partial charge is 0.254 e. The maximum atomic E-state index is 13.2. The zero-order valence-electron chi connectivity index (χ0n) is 17.3. The third-order valence-corrected chi connectivity index (χ3v) is 8.20. The number of carbonyl (C=O) groups excluding carboxylic acids is 1. The van der Waals surface area contributed by atoms with Gasteiger partial charge in [-0.15, -0.1) is 0 Å². The van der Waals surface area contributed by atoms with Crippen LogP contribution in [-0.4, -0.2) is 53.1 Å². The number of aromatic nitrogens is 2. The van der Waals surface area contributed by atoms with E-state index in [0.717, 1.165) is 49.0 Å². The molecular formula is C23H26N4O3S. The van der Waals surface area contributed by atoms with Crippen LogP contribution in [0.2, 0.25) is 0 Å². The van der Waals surface area contributed by atoms with Crippen LogP contribution in [0.15, 0.2) is 53.4 Å². The molecule has 0 radical (unpaired) electrons. The number of hydrogen-bond donors (Lipinski definition) is 1. The molecule has 162 valence electrons. The second-order valence-electron chi connectivity index (χ2n) is 8.28. The molecule has 8 heteroatoms. The van der Waals surface area contributed by atoms with Gasteiger partial charge < -0.3 is 9.88 Å². The fourth-order valence-electron chi connectivity index (χ4n) is 4.61. The number of carbonyl (C=O) groups is 1. The van der Waals surface area contributed by atoms with Gasteiger partial charge in [-0.05, 0) is 62.1 Å². The molecule has 1 unspecified atom stereocenters. The fourth-order valence-corrected chi connectivity index (χ4v) is 6.13. The largest absolute Gasteiger partial charge is 0.340 e. The molecule has 3 heterocycles. The first-order valence-corrected chi connectivity index (χ1v) is 12.3. The number of nitrogens with one attached hydrogen (secondary N) is 1. The van der Waals surface area contributed by atoms with Crippen LogP contribution in [0.25, 0.3) is 11.0 Å². The first-order valence-electron chi connectivity index (χ1n) is 10.9. The van der Waals surface area contributed by atoms with Gasteiger partial charge in [-0.2, -0.15) is 4.31 Å². The van der Waals surface area contributed by atoms with E-state index in [-0.39, 0.29) is 16.8 Å². The third kappa shape index (κ3) is 3.74. The van der Waals surface area contributed by atoms with Gasteiger partial charge in [0.1, 0.15) is 5.82 Å². The first kappa shape index (κ1) is 20.2. The normalized spacial score (nSPS) is 20.4. The predicted molar refractivity (Wildman–Crippen MR) is 118 cm³/mol. The zero-order chi connectivity index (χ0) is 21.4. The van der Waals surface area contributed by atoms with Gasteiger partial charge in [0.05, 0.1) is 22.0 Å². The molecule has 1 atom stereocenters. The predicted octanol–water partition coefficient (Wildman–Crippen LogP) is 3.71. The minimum Gasteiger partial charge on any atom is -0.340 e. The lowest BCUT2D eigenvalue weighted by Crippen LogP contribution is -2.35. The SMILES string of the molecule is O=C(c1ccc(S(=O)(=O)N2CCCCC2)cc1)N1CCCC1c1nc2ccccc2[nH]1. The van der Waals surface area contributed by atoms with Gasteiger partial charge in [0.25, 0.3) is 5.91 Å². The maximum absolute atomic E-state index is 13.2. The van der Waals surface area contributed by atoms with Crippen LogP contribution >= 0.6 is 0 Å². The minimum absolute atomic E-state index is 0.0927. The monoisotopic (exact) mass is 438 g/mol. The molecule has 2 aliphatic heterocycles. The molecule has 5 rings (SSSR count). The third-order valence-electron chi connectivity index (χ3n) is 6.29. The van der Waals surface area contributed by atoms with Crippen molar-refractivity contribution in [2.75, 3.05) is 19.6 Å². The number of benzene rings is 2. The number of amides is 1. The summed E-state index contributed by atoms with van der Waals surface area (Å²) in [5, 5.41) is 0. The Morgan fingerprint density at radius 1 is 0.935 bits per heavy atom. The number of H-pyrrole nitrogens is 1. The first-order chi connectivity index (χ1) is 15.0. The summed E-state index contributed by atoms with van der Waals surface area (Å²) in [5.74, 6) is 0.709. The number of para-hydroxylation sites is 2. The number of aromatic amines is 1. The summed E-state index contributed by atoms with van der Waals surface area (Å²) < 4.78 is 27.3. The molecule has 2 saturated heterocycles. The van der Waals surface area contributed by atoms with Crippen LogP contribution in [0.5, 0.6) is 0 Å². The van der Waals surface area contributed by atoms with Gasteiger partial charge in [0.2, 0.25) is 10.0 Å². The number of rotatable bonds is 4. The van der Waals surface area contributed by atoms with Crippen LogP contribution in [0.4, 0.5) is 0 Å². The number of piperidine rings is 1. The lowest BCUT2D eigenvalue weighted by molar-refractivity contribution is 0.0730. The number of likely N-dealkylation sites (tertiary alicyclic amines) is 1. The molecule has 0 bridgehead atoms. The summed E-state index contributed by atoms with van der Waals surface area (Å²) in [4.78, 5) is 23.4. The molecule has 1 aromatic heterocycles. The minimum atomic E-state index is -3.50. The molecule has 1 N–H and O–H groups in total. The van der Waals surface area contributed by atoms with Crippen LogP contribution in [0.1, 0.15) is 54.3 Å². The lowest BCUT2D eigenvalue weighted by atomic mass is 10.1. The van der Waals surface area contributed by atoms with Gasteiger partial charge >= 0.3 is 0 Å². The molecule has 0 spiro atoms. The Balaban J connectivity index is 1.36. The standard InChI is InChI=1S/C23H26N4O3S/c28-23(17-10-12-18(13-11-17)31(29,30)26-14-4-1-5-15-26)27-16-6-9-21(27)22-24-19-7-2-3-8-20(19)25-22/h2-3,7-8,10-13,21H,1,4-6,9,14-16H2,(H,24,25). The Labute approximate surface area is 182 Å². The van der Waals surface area contributed by atoms with Crippen molar-refractivity contribution in [3.8, 4) is 0 Å². The number of hydrogen-bond acceptors (Lipinski definition) is 4. The van der Waals surface area contributed by atoms with Crippen LogP contribution in [-0.2, 0) is 10.0 Å². The lowest BCUT2D eigenvalue weighted by Gasteiger charge is -2.26. The van der Waals surface area contributed by atoms with E-state index in [1.807, 2.05) is 29.2 Å². The molecule has 2 aliphatic rings. The molecule has 0 aliphatic carbocycles. The molecule has 7 nitrogen and oxygen atoms in total. The second-order valence-corrected chi connectivity index (χ2v) is 10.2. The van der Waals surface area contributed by atoms with Crippen LogP contribution < -0.4 is 0 Å². The van der Waals surface area contributed by atoms with Crippen molar-refractivity contribution >= 4 is 27.0 Å². The summed E-state index contributed by atoms with van der Waals surface area (Å²) >= 11 is 0. The topological polar surface area (TPSA) is 86.4 Å². The van der Waals surface area contributed by atoms with Crippen molar-refractivity contribution in [3.63, 3.8) is 0 Å². The molecule has 1 amide bonds. The number of imidazole rings is 1. The van der Waals surface area contributed by atoms with Crippen molar-refractivity contribution in [2.24, 2.45) is 0 Å². The van der Waals surface area contributed by atoms with Crippen molar-refractivity contribution in [1.29, 1.82) is 0 Å². The van der Waals surface area contributed by atoms with Gasteiger partial charge in [-0.1, -0.05) is 18.6 Å². The van der Waals surface area contributed by atoms with E-state index in [0.29, 0.717) is 25.2 Å². The Kier molecular flexibility index (Phi) is 5.27. The average Bonchev–Trinajstić information content (AvgIpc) is 3.46. The molecule has 0 saturated carbocycles. The van der Waals surface area contributed by atoms with Crippen molar-refractivity contribution in [2.45, 2.75) is 43.0 Å². The van der Waals surface area contributed by atoms with E-state index in [1.165, 1.54) is 0 Å². The Bertz CT molecular complexity index is 1160. The van der Waals surface area contributed by atoms with Crippen molar-refractivity contribution in [3.05, 3.63) is 59.9 Å². The molecule has 3 aromatic rings. The number of fused-ring (bicyclic) bond motifs is 1. The molecule has 31 heavy (non-hydrogen) atoms. The fraction of sp³-hybridized carbons (Fsp3) is 0.391. The number of sulfonamides is 1. The highest BCUT2D eigenvalue weighted by atomic mass is 32.2. The highest BCUT2D eigenvalue weighted by molar-refractivity contribution is 7.89. The molecule has 2 aromatic carbocycles. The van der Waals surface area contributed by atoms with Gasteiger partial charge in [0, 0.05) is 25.2 Å². The Hall–Kier alpha value is -2.71. The van der Waals surface area contributed by atoms with E-state index in [4.69, 9.17) is 0 Å². The highest BCUT2D eigenvalue weighted by Crippen LogP contribution is 2.33. The van der Waals surface area contributed by atoms with Crippen LogP contribution in [0.3, 0.4) is 0 Å². The van der Waals surface area contributed by atoms with Gasteiger partial charge in [-0.25, -0.2) is 13.4 Å². The average molecular weight is 439 g/mol. The maximum Gasteiger partial charge on any atom is 0.254 e. The zero-order valence-corrected chi connectivity index (χ0v) is 18.1. The molecule has 2 fully saturated rings. The Morgan fingerprint density at radius 2 is 1.68 bits per heavy atom. The van der Waals surface area contributed by atoms with Gasteiger partial charge in [0.15, 0.2) is 0 Å². The summed E-state index contributed by atoms with van der Waals surface area (Å²) in [6, 6.07) is 14.1. The van der Waals surface area contributed by atoms with E-state index < -0.39 is 10.0 Å². The van der Waals surface area contributed by atoms with E-state index in [2.05, 4.69) is 9.97 Å². The number of nitrogens with zero attached hydrogens (tertiary/aromatic N) is 3. The summed E-state index contributed by atoms with van der Waals surface area (Å²) in [6.45, 7) is 1.79. The van der Waals surface area contributed by atoms with E-state index in [1.54, 1.807) is 28.6 Å². The quantitative estimate of drug-likeness (QED) is 0.673. The van der Waals surface area contributed by atoms with Crippen LogP contribution in [0, 0.1) is 0 Å². The molecular weight excluding hydrogens is 412 g/mol. The van der Waals surface area contributed by atoms with Crippen molar-refractivity contribution in [1.82, 2.24) is 19.2 Å².